The van der Waals surface area contributed by atoms with Gasteiger partial charge in [0.05, 0.1) is 0 Å². The van der Waals surface area contributed by atoms with E-state index in [0.717, 1.165) is 19.6 Å². The lowest BCUT2D eigenvalue weighted by atomic mass is 10.1. The summed E-state index contributed by atoms with van der Waals surface area (Å²) in [5.74, 6) is 0. The summed E-state index contributed by atoms with van der Waals surface area (Å²) in [6, 6.07) is 0. The summed E-state index contributed by atoms with van der Waals surface area (Å²) in [6.45, 7) is 14.9. The van der Waals surface area contributed by atoms with Crippen molar-refractivity contribution in [2.45, 2.75) is 186 Å². The van der Waals surface area contributed by atoms with Crippen molar-refractivity contribution in [1.29, 1.82) is 0 Å². The number of nitrogens with two attached hydrogens (primary N) is 3. The fraction of sp³-hybridized carbons (Fsp3) is 0.941. The van der Waals surface area contributed by atoms with Crippen LogP contribution in [0.5, 0.6) is 0 Å². The van der Waals surface area contributed by atoms with Crippen molar-refractivity contribution < 1.29 is 23.8 Å². The lowest BCUT2D eigenvalue weighted by Gasteiger charge is -2.20. The second-order valence-corrected chi connectivity index (χ2v) is 15.0. The fourth-order valence-corrected chi connectivity index (χ4v) is 3.77. The van der Waals surface area contributed by atoms with Crippen LogP contribution in [-0.4, -0.2) is 47.4 Å². The minimum Gasteiger partial charge on any atom is -0.428 e. The lowest BCUT2D eigenvalue weighted by Crippen LogP contribution is -2.29. The molecular weight excluding hydrogens is 637 g/mol. The first-order chi connectivity index (χ1) is 21.1. The molecule has 0 heterocycles. The van der Waals surface area contributed by atoms with Gasteiger partial charge in [0.15, 0.2) is 4.30 Å². The van der Waals surface area contributed by atoms with E-state index in [4.69, 9.17) is 61.5 Å². The zero-order chi connectivity index (χ0) is 35.4. The third-order valence-electron chi connectivity index (χ3n) is 5.91. The number of carbonyl (C=O) groups is 2. The molecule has 0 aliphatic carbocycles. The molecule has 0 rings (SSSR count). The number of ether oxygens (including phenoxy) is 3. The molecule has 0 aromatic heterocycles. The van der Waals surface area contributed by atoms with Crippen LogP contribution in [0.4, 0.5) is 9.59 Å². The van der Waals surface area contributed by atoms with Crippen molar-refractivity contribution in [2.75, 3.05) is 19.6 Å². The summed E-state index contributed by atoms with van der Waals surface area (Å²) in [5.41, 5.74) is 14.9. The summed E-state index contributed by atoms with van der Waals surface area (Å²) in [5, 5.41) is 0. The molecule has 45 heavy (non-hydrogen) atoms. The van der Waals surface area contributed by atoms with E-state index < -0.39 is 27.8 Å². The average molecular weight is 709 g/mol. The Morgan fingerprint density at radius 2 is 0.689 bits per heavy atom. The largest absolute Gasteiger partial charge is 0.519 e. The molecule has 274 valence electrons. The van der Waals surface area contributed by atoms with Crippen molar-refractivity contribution >= 4 is 47.1 Å². The SMILES string of the molecule is CC(C)(C)OC(=O)OC(=O)OC(C)(C)C.CCCCCCCCCCCCN.ClC(Cl)Cl.NCCCCCCCCCCCN. The van der Waals surface area contributed by atoms with Gasteiger partial charge in [-0.05, 0) is 80.4 Å². The van der Waals surface area contributed by atoms with Gasteiger partial charge < -0.3 is 31.4 Å². The van der Waals surface area contributed by atoms with Gasteiger partial charge in [-0.3, -0.25) is 0 Å². The molecule has 0 amide bonds. The van der Waals surface area contributed by atoms with E-state index in [-0.39, 0.29) is 0 Å². The molecule has 0 saturated heterocycles. The Bertz CT molecular complexity index is 546. The van der Waals surface area contributed by atoms with Gasteiger partial charge in [0.2, 0.25) is 0 Å². The van der Waals surface area contributed by atoms with Crippen LogP contribution >= 0.6 is 34.8 Å². The molecule has 0 aliphatic heterocycles. The predicted octanol–water partition coefficient (Wildman–Crippen LogP) is 11.1. The maximum absolute atomic E-state index is 11.0. The van der Waals surface area contributed by atoms with E-state index in [0.29, 0.717) is 0 Å². The third kappa shape index (κ3) is 66.7. The van der Waals surface area contributed by atoms with Gasteiger partial charge in [-0.15, -0.1) is 0 Å². The van der Waals surface area contributed by atoms with Gasteiger partial charge in [0.25, 0.3) is 0 Å². The number of alkyl halides is 3. The van der Waals surface area contributed by atoms with Gasteiger partial charge in [0.1, 0.15) is 11.2 Å². The molecule has 11 heteroatoms. The van der Waals surface area contributed by atoms with Crippen LogP contribution in [0.25, 0.3) is 0 Å². The molecule has 0 saturated carbocycles. The molecule has 6 N–H and O–H groups in total. The summed E-state index contributed by atoms with van der Waals surface area (Å²) in [7, 11) is 0. The summed E-state index contributed by atoms with van der Waals surface area (Å²) in [6.07, 6.45) is 23.8. The number of hydrogen-bond donors (Lipinski definition) is 3. The highest BCUT2D eigenvalue weighted by Gasteiger charge is 2.24. The molecule has 0 spiro atoms. The van der Waals surface area contributed by atoms with Crippen molar-refractivity contribution in [3.05, 3.63) is 0 Å². The topological polar surface area (TPSA) is 140 Å². The van der Waals surface area contributed by atoms with Crippen LogP contribution in [0.1, 0.15) is 170 Å². The second-order valence-electron chi connectivity index (χ2n) is 13.0. The number of hydrogen-bond acceptors (Lipinski definition) is 8. The van der Waals surface area contributed by atoms with Crippen LogP contribution in [0.3, 0.4) is 0 Å². The zero-order valence-corrected chi connectivity index (χ0v) is 32.3. The normalized spacial score (nSPS) is 10.9. The lowest BCUT2D eigenvalue weighted by molar-refractivity contribution is -0.0293. The Hall–Kier alpha value is -0.510. The van der Waals surface area contributed by atoms with Crippen LogP contribution in [0.2, 0.25) is 0 Å². The summed E-state index contributed by atoms with van der Waals surface area (Å²) < 4.78 is 13.1. The van der Waals surface area contributed by atoms with E-state index in [9.17, 15) is 9.59 Å². The van der Waals surface area contributed by atoms with E-state index in [2.05, 4.69) is 11.7 Å². The second kappa shape index (κ2) is 37.9. The Balaban J connectivity index is -0.000000264. The van der Waals surface area contributed by atoms with E-state index >= 15 is 0 Å². The number of unbranched alkanes of at least 4 members (excludes halogenated alkanes) is 17. The average Bonchev–Trinajstić information content (AvgIpc) is 2.89. The minimum absolute atomic E-state index is 0.695. The molecule has 8 nitrogen and oxygen atoms in total. The highest BCUT2D eigenvalue weighted by atomic mass is 35.6. The fourth-order valence-electron chi connectivity index (χ4n) is 3.77. The highest BCUT2D eigenvalue weighted by Crippen LogP contribution is 2.12. The van der Waals surface area contributed by atoms with Gasteiger partial charge in [-0.25, -0.2) is 9.59 Å². The molecule has 0 atom stereocenters. The summed E-state index contributed by atoms with van der Waals surface area (Å²) in [4.78, 5) is 22.0. The molecular formula is C34H72Cl3N3O5. The number of halogens is 3. The molecule has 0 fully saturated rings. The molecule has 0 aromatic carbocycles. The maximum atomic E-state index is 11.0. The highest BCUT2D eigenvalue weighted by molar-refractivity contribution is 6.63. The van der Waals surface area contributed by atoms with Crippen LogP contribution < -0.4 is 17.2 Å². The maximum Gasteiger partial charge on any atom is 0.519 e. The minimum atomic E-state index is -1.06. The van der Waals surface area contributed by atoms with Crippen molar-refractivity contribution in [2.24, 2.45) is 17.2 Å². The smallest absolute Gasteiger partial charge is 0.428 e. The van der Waals surface area contributed by atoms with Gasteiger partial charge in [-0.2, -0.15) is 0 Å². The molecule has 0 aliphatic rings. The van der Waals surface area contributed by atoms with Gasteiger partial charge in [0, 0.05) is 0 Å². The quantitative estimate of drug-likeness (QED) is 0.0491. The molecule has 0 unspecified atom stereocenters. The first kappa shape index (κ1) is 51.3. The Morgan fingerprint density at radius 1 is 0.489 bits per heavy atom. The Labute approximate surface area is 292 Å². The third-order valence-corrected chi connectivity index (χ3v) is 5.91. The van der Waals surface area contributed by atoms with Crippen molar-refractivity contribution in [1.82, 2.24) is 0 Å². The number of carbonyl (C=O) groups excluding carboxylic acids is 2. The van der Waals surface area contributed by atoms with Crippen LogP contribution in [0.15, 0.2) is 0 Å². The molecule has 0 radical (unpaired) electrons. The van der Waals surface area contributed by atoms with Crippen molar-refractivity contribution in [3.8, 4) is 0 Å². The van der Waals surface area contributed by atoms with Gasteiger partial charge >= 0.3 is 12.3 Å². The molecule has 0 aromatic rings. The van der Waals surface area contributed by atoms with Gasteiger partial charge in [-0.1, -0.05) is 144 Å². The summed E-state index contributed by atoms with van der Waals surface area (Å²) >= 11 is 14.4. The molecule has 0 bridgehead atoms. The zero-order valence-electron chi connectivity index (χ0n) is 30.0. The first-order valence-electron chi connectivity index (χ1n) is 17.2. The van der Waals surface area contributed by atoms with Crippen molar-refractivity contribution in [3.63, 3.8) is 0 Å². The first-order valence-corrected chi connectivity index (χ1v) is 18.5. The van der Waals surface area contributed by atoms with E-state index in [1.807, 2.05) is 0 Å². The Kier molecular flexibility index (Phi) is 43.3. The Morgan fingerprint density at radius 3 is 0.867 bits per heavy atom. The monoisotopic (exact) mass is 707 g/mol. The van der Waals surface area contributed by atoms with Crippen LogP contribution in [-0.2, 0) is 14.2 Å². The standard InChI is InChI=1S/C12H27N.C11H26N2.C10H18O5.CHCl3/c1-2-3-4-5-6-7-8-9-10-11-12-13;12-10-8-6-4-2-1-3-5-7-9-11-13;1-9(2,3)14-7(11)13-8(12)15-10(4,5)6;2-1(3)4/h2-13H2,1H3;1-13H2;1-6H3;1H. The van der Waals surface area contributed by atoms with Crippen LogP contribution in [0, 0.1) is 0 Å². The number of rotatable bonds is 20. The van der Waals surface area contributed by atoms with E-state index in [1.165, 1.54) is 122 Å². The van der Waals surface area contributed by atoms with E-state index in [1.54, 1.807) is 41.5 Å². The predicted molar refractivity (Wildman–Crippen MR) is 195 cm³/mol.